The van der Waals surface area contributed by atoms with Gasteiger partial charge in [-0.2, -0.15) is 22.0 Å². The van der Waals surface area contributed by atoms with Crippen LogP contribution in [0.1, 0.15) is 59.3 Å². The molecule has 0 aromatic carbocycles. The minimum absolute atomic E-state index is 0.156. The van der Waals surface area contributed by atoms with Gasteiger partial charge in [0.25, 0.3) is 0 Å². The molecule has 2 rings (SSSR count). The van der Waals surface area contributed by atoms with Gasteiger partial charge in [0.15, 0.2) is 11.2 Å². The summed E-state index contributed by atoms with van der Waals surface area (Å²) in [6, 6.07) is 0. The molecule has 0 bridgehead atoms. The summed E-state index contributed by atoms with van der Waals surface area (Å²) in [5.74, 6) is -10.0. The molecule has 1 aliphatic heterocycles. The van der Waals surface area contributed by atoms with Crippen LogP contribution in [0.15, 0.2) is 12.2 Å². The van der Waals surface area contributed by atoms with Gasteiger partial charge >= 0.3 is 18.1 Å². The summed E-state index contributed by atoms with van der Waals surface area (Å²) in [5.41, 5.74) is -6.21. The van der Waals surface area contributed by atoms with Crippen LogP contribution in [0.5, 0.6) is 0 Å². The number of halogens is 5. The summed E-state index contributed by atoms with van der Waals surface area (Å²) in [7, 11) is 0. The second-order valence-corrected chi connectivity index (χ2v) is 7.96. The van der Waals surface area contributed by atoms with Crippen LogP contribution in [-0.4, -0.2) is 40.2 Å². The summed E-state index contributed by atoms with van der Waals surface area (Å²) in [6.45, 7) is 5.61. The molecule has 1 heterocycles. The summed E-state index contributed by atoms with van der Waals surface area (Å²) in [6.07, 6.45) is -4.29. The number of hydrogen-bond donors (Lipinski definition) is 1. The van der Waals surface area contributed by atoms with Gasteiger partial charge in [-0.05, 0) is 33.6 Å². The van der Waals surface area contributed by atoms with E-state index in [4.69, 9.17) is 4.74 Å². The maximum atomic E-state index is 15.4. The second-order valence-electron chi connectivity index (χ2n) is 7.96. The van der Waals surface area contributed by atoms with Crippen LogP contribution < -0.4 is 0 Å². The summed E-state index contributed by atoms with van der Waals surface area (Å²) < 4.78 is 81.4. The Morgan fingerprint density at radius 1 is 1.19 bits per heavy atom. The monoisotopic (exact) mass is 400 g/mol. The number of aliphatic hydroxyl groups is 1. The summed E-state index contributed by atoms with van der Waals surface area (Å²) in [4.78, 5) is 12.2. The first-order valence-corrected chi connectivity index (χ1v) is 8.85. The van der Waals surface area contributed by atoms with Gasteiger partial charge in [-0.3, -0.25) is 0 Å². The van der Waals surface area contributed by atoms with E-state index in [2.05, 4.69) is 11.3 Å². The summed E-state index contributed by atoms with van der Waals surface area (Å²) in [5, 5.41) is 10.2. The topological polar surface area (TPSA) is 55.8 Å². The molecule has 2 fully saturated rings. The first-order chi connectivity index (χ1) is 12.1. The quantitative estimate of drug-likeness (QED) is 0.430. The van der Waals surface area contributed by atoms with Gasteiger partial charge in [0.2, 0.25) is 5.79 Å². The SMILES string of the molecule is C=C(C)C(=O)OC1(C2CCCCC2)CC(C)(C(F)(F)F)OC(C)(O)C1(F)F. The van der Waals surface area contributed by atoms with E-state index < -0.39 is 47.4 Å². The van der Waals surface area contributed by atoms with Gasteiger partial charge in [0.05, 0.1) is 0 Å². The lowest BCUT2D eigenvalue weighted by molar-refractivity contribution is -0.460. The van der Waals surface area contributed by atoms with Crippen LogP contribution in [0, 0.1) is 5.92 Å². The van der Waals surface area contributed by atoms with Gasteiger partial charge in [-0.15, -0.1) is 0 Å². The molecule has 1 saturated carbocycles. The number of carbonyl (C=O) groups is 1. The highest BCUT2D eigenvalue weighted by Gasteiger charge is 2.79. The van der Waals surface area contributed by atoms with Crippen LogP contribution in [0.2, 0.25) is 0 Å². The molecule has 0 radical (unpaired) electrons. The molecule has 1 saturated heterocycles. The third kappa shape index (κ3) is 3.48. The van der Waals surface area contributed by atoms with Crippen molar-refractivity contribution in [2.24, 2.45) is 5.92 Å². The Hall–Kier alpha value is -1.22. The van der Waals surface area contributed by atoms with Gasteiger partial charge in [0.1, 0.15) is 0 Å². The Balaban J connectivity index is 2.67. The van der Waals surface area contributed by atoms with Crippen molar-refractivity contribution < 1.29 is 41.3 Å². The molecule has 2 aliphatic rings. The third-order valence-corrected chi connectivity index (χ3v) is 5.63. The molecule has 1 aliphatic carbocycles. The Morgan fingerprint density at radius 3 is 2.15 bits per heavy atom. The molecule has 3 unspecified atom stereocenters. The molecule has 0 aromatic rings. The highest BCUT2D eigenvalue weighted by molar-refractivity contribution is 5.87. The lowest BCUT2D eigenvalue weighted by Crippen LogP contribution is -2.76. The van der Waals surface area contributed by atoms with Crippen LogP contribution in [-0.2, 0) is 14.3 Å². The Kier molecular flexibility index (Phi) is 5.47. The van der Waals surface area contributed by atoms with Gasteiger partial charge in [-0.25, -0.2) is 4.79 Å². The molecule has 1 N–H and O–H groups in total. The Labute approximate surface area is 154 Å². The average molecular weight is 400 g/mol. The fraction of sp³-hybridized carbons (Fsp3) is 0.833. The number of rotatable bonds is 3. The van der Waals surface area contributed by atoms with Crippen molar-refractivity contribution in [2.45, 2.75) is 88.4 Å². The van der Waals surface area contributed by atoms with E-state index >= 15 is 8.78 Å². The highest BCUT2D eigenvalue weighted by Crippen LogP contribution is 2.60. The van der Waals surface area contributed by atoms with Crippen molar-refractivity contribution in [3.05, 3.63) is 12.2 Å². The smallest absolute Gasteiger partial charge is 0.417 e. The second kappa shape index (κ2) is 6.69. The zero-order valence-electron chi connectivity index (χ0n) is 15.6. The zero-order chi connectivity index (χ0) is 20.9. The maximum absolute atomic E-state index is 15.4. The van der Waals surface area contributed by atoms with E-state index in [1.165, 1.54) is 6.92 Å². The molecule has 4 nitrogen and oxygen atoms in total. The van der Waals surface area contributed by atoms with Crippen molar-refractivity contribution in [3.63, 3.8) is 0 Å². The minimum atomic E-state index is -5.07. The van der Waals surface area contributed by atoms with Crippen LogP contribution in [0.4, 0.5) is 22.0 Å². The predicted molar refractivity (Wildman–Crippen MR) is 85.9 cm³/mol. The van der Waals surface area contributed by atoms with E-state index in [1.807, 2.05) is 0 Å². The van der Waals surface area contributed by atoms with Crippen molar-refractivity contribution >= 4 is 5.97 Å². The average Bonchev–Trinajstić information content (AvgIpc) is 2.51. The number of alkyl halides is 5. The van der Waals surface area contributed by atoms with E-state index in [1.54, 1.807) is 0 Å². The normalized spacial score (nSPS) is 37.7. The fourth-order valence-electron chi connectivity index (χ4n) is 4.11. The lowest BCUT2D eigenvalue weighted by Gasteiger charge is -2.58. The van der Waals surface area contributed by atoms with E-state index in [-0.39, 0.29) is 18.4 Å². The highest BCUT2D eigenvalue weighted by atomic mass is 19.4. The van der Waals surface area contributed by atoms with Crippen molar-refractivity contribution in [1.29, 1.82) is 0 Å². The molecule has 156 valence electrons. The van der Waals surface area contributed by atoms with Crippen molar-refractivity contribution in [1.82, 2.24) is 0 Å². The zero-order valence-corrected chi connectivity index (χ0v) is 15.6. The largest absolute Gasteiger partial charge is 0.449 e. The third-order valence-electron chi connectivity index (χ3n) is 5.63. The van der Waals surface area contributed by atoms with Crippen LogP contribution in [0.3, 0.4) is 0 Å². The van der Waals surface area contributed by atoms with E-state index in [0.29, 0.717) is 26.7 Å². The van der Waals surface area contributed by atoms with E-state index in [9.17, 15) is 23.1 Å². The minimum Gasteiger partial charge on any atom is -0.449 e. The predicted octanol–water partition coefficient (Wildman–Crippen LogP) is 4.51. The Bertz CT molecular complexity index is 609. The first-order valence-electron chi connectivity index (χ1n) is 8.85. The Morgan fingerprint density at radius 2 is 1.70 bits per heavy atom. The van der Waals surface area contributed by atoms with Crippen LogP contribution >= 0.6 is 0 Å². The maximum Gasteiger partial charge on any atom is 0.417 e. The number of esters is 1. The van der Waals surface area contributed by atoms with Gasteiger partial charge in [0, 0.05) is 17.9 Å². The molecule has 0 amide bonds. The van der Waals surface area contributed by atoms with E-state index in [0.717, 1.165) is 6.42 Å². The first kappa shape index (κ1) is 22.1. The summed E-state index contributed by atoms with van der Waals surface area (Å²) >= 11 is 0. The molecular weight excluding hydrogens is 375 g/mol. The molecule has 0 spiro atoms. The van der Waals surface area contributed by atoms with Crippen LogP contribution in [0.25, 0.3) is 0 Å². The molecule has 9 heteroatoms. The number of ether oxygens (including phenoxy) is 2. The molecule has 27 heavy (non-hydrogen) atoms. The van der Waals surface area contributed by atoms with Gasteiger partial charge in [-0.1, -0.05) is 25.8 Å². The van der Waals surface area contributed by atoms with Crippen molar-refractivity contribution in [3.8, 4) is 0 Å². The molecule has 0 aromatic heterocycles. The lowest BCUT2D eigenvalue weighted by atomic mass is 9.65. The standard InChI is InChI=1S/C18H25F5O4/c1-11(2)13(24)26-16(12-8-6-5-7-9-12)10-14(3,18(21,22)23)27-15(4,25)17(16,19)20/h12,25H,1,5-10H2,2-4H3. The van der Waals surface area contributed by atoms with Crippen molar-refractivity contribution in [2.75, 3.05) is 0 Å². The van der Waals surface area contributed by atoms with Gasteiger partial charge < -0.3 is 14.6 Å². The number of carbonyl (C=O) groups excluding carboxylic acids is 1. The molecule has 3 atom stereocenters. The number of hydrogen-bond acceptors (Lipinski definition) is 4. The fourth-order valence-corrected chi connectivity index (χ4v) is 4.11. The molecular formula is C18H25F5O4.